The lowest BCUT2D eigenvalue weighted by Gasteiger charge is -2.17. The van der Waals surface area contributed by atoms with Crippen LogP contribution in [0.1, 0.15) is 27.2 Å². The van der Waals surface area contributed by atoms with Gasteiger partial charge in [0, 0.05) is 19.7 Å². The second-order valence-electron chi connectivity index (χ2n) is 7.89. The number of amides is 1. The fraction of sp³-hybridized carbons (Fsp3) is 0.200. The number of aromatic nitrogens is 2. The summed E-state index contributed by atoms with van der Waals surface area (Å²) < 4.78 is 3.40. The number of para-hydroxylation sites is 1. The molecule has 0 aliphatic heterocycles. The first kappa shape index (κ1) is 18.4. The Morgan fingerprint density at radius 1 is 0.933 bits per heavy atom. The lowest BCUT2D eigenvalue weighted by Crippen LogP contribution is -2.31. The van der Waals surface area contributed by atoms with E-state index in [1.165, 1.54) is 21.4 Å². The average Bonchev–Trinajstić information content (AvgIpc) is 3.28. The maximum atomic E-state index is 13.5. The molecule has 5 nitrogen and oxygen atoms in total. The van der Waals surface area contributed by atoms with Crippen molar-refractivity contribution in [2.75, 3.05) is 11.9 Å². The molecule has 0 radical (unpaired) electrons. The smallest absolute Gasteiger partial charge is 0.295 e. The number of rotatable bonds is 3. The Kier molecular flexibility index (Phi) is 4.13. The number of hydrogen-bond acceptors (Lipinski definition) is 2. The summed E-state index contributed by atoms with van der Waals surface area (Å²) in [5, 5.41) is 2.17. The Bertz CT molecular complexity index is 1350. The Labute approximate surface area is 174 Å². The molecule has 3 aromatic carbocycles. The molecule has 0 spiro atoms. The molecule has 1 aliphatic rings. The van der Waals surface area contributed by atoms with E-state index < -0.39 is 0 Å². The number of carbonyl (C=O) groups excluding carboxylic acids is 1. The highest BCUT2D eigenvalue weighted by Gasteiger charge is 2.26. The highest BCUT2D eigenvalue weighted by atomic mass is 16.2. The highest BCUT2D eigenvalue weighted by Crippen LogP contribution is 2.33. The number of anilines is 1. The molecule has 0 bridgehead atoms. The SMILES string of the molecule is Cc1c(N(C)C(=O)c2ccc3c4c(cccc24)CC3)c(=O)n(-c2ccccc2)n1C. The van der Waals surface area contributed by atoms with Gasteiger partial charge in [-0.3, -0.25) is 14.3 Å². The van der Waals surface area contributed by atoms with Crippen molar-refractivity contribution in [3.8, 4) is 5.69 Å². The molecule has 1 heterocycles. The Morgan fingerprint density at radius 3 is 2.37 bits per heavy atom. The van der Waals surface area contributed by atoms with Gasteiger partial charge in [-0.25, -0.2) is 4.68 Å². The van der Waals surface area contributed by atoms with Gasteiger partial charge in [-0.2, -0.15) is 0 Å². The highest BCUT2D eigenvalue weighted by molar-refractivity contribution is 6.15. The molecule has 1 aromatic heterocycles. The van der Waals surface area contributed by atoms with Crippen LogP contribution >= 0.6 is 0 Å². The van der Waals surface area contributed by atoms with Gasteiger partial charge in [0.15, 0.2) is 0 Å². The first-order valence-electron chi connectivity index (χ1n) is 10.1. The second-order valence-corrected chi connectivity index (χ2v) is 7.89. The first-order chi connectivity index (χ1) is 14.5. The third-order valence-corrected chi connectivity index (χ3v) is 6.27. The van der Waals surface area contributed by atoms with Gasteiger partial charge >= 0.3 is 0 Å². The summed E-state index contributed by atoms with van der Waals surface area (Å²) in [5.74, 6) is -0.170. The van der Waals surface area contributed by atoms with Gasteiger partial charge in [0.1, 0.15) is 5.69 Å². The molecule has 0 atom stereocenters. The predicted octanol–water partition coefficient (Wildman–Crippen LogP) is 4.01. The van der Waals surface area contributed by atoms with E-state index in [0.29, 0.717) is 11.3 Å². The van der Waals surface area contributed by atoms with Crippen LogP contribution < -0.4 is 10.5 Å². The monoisotopic (exact) mass is 397 g/mol. The van der Waals surface area contributed by atoms with Crippen molar-refractivity contribution in [1.29, 1.82) is 0 Å². The minimum Gasteiger partial charge on any atom is -0.305 e. The van der Waals surface area contributed by atoms with Gasteiger partial charge in [0.25, 0.3) is 11.5 Å². The average molecular weight is 397 g/mol. The van der Waals surface area contributed by atoms with Gasteiger partial charge < -0.3 is 4.90 Å². The molecule has 5 rings (SSSR count). The van der Waals surface area contributed by atoms with Crippen molar-refractivity contribution in [2.24, 2.45) is 7.05 Å². The molecule has 5 heteroatoms. The van der Waals surface area contributed by atoms with Crippen LogP contribution in [0.15, 0.2) is 65.5 Å². The first-order valence-corrected chi connectivity index (χ1v) is 10.1. The van der Waals surface area contributed by atoms with Crippen LogP contribution in [0.2, 0.25) is 0 Å². The molecule has 4 aromatic rings. The zero-order valence-electron chi connectivity index (χ0n) is 17.3. The normalized spacial score (nSPS) is 12.5. The quantitative estimate of drug-likeness (QED) is 0.524. The fourth-order valence-corrected chi connectivity index (χ4v) is 4.66. The summed E-state index contributed by atoms with van der Waals surface area (Å²) in [4.78, 5) is 28.3. The van der Waals surface area contributed by atoms with Crippen molar-refractivity contribution < 1.29 is 4.79 Å². The van der Waals surface area contributed by atoms with Gasteiger partial charge in [0.2, 0.25) is 0 Å². The molecule has 0 saturated heterocycles. The van der Waals surface area contributed by atoms with Gasteiger partial charge in [-0.1, -0.05) is 42.5 Å². The summed E-state index contributed by atoms with van der Waals surface area (Å²) in [5.41, 5.74) is 4.92. The third-order valence-electron chi connectivity index (χ3n) is 6.27. The summed E-state index contributed by atoms with van der Waals surface area (Å²) in [6, 6.07) is 19.6. The molecule has 150 valence electrons. The zero-order valence-corrected chi connectivity index (χ0v) is 17.3. The maximum Gasteiger partial charge on any atom is 0.295 e. The Morgan fingerprint density at radius 2 is 1.63 bits per heavy atom. The summed E-state index contributed by atoms with van der Waals surface area (Å²) in [6.45, 7) is 1.87. The zero-order chi connectivity index (χ0) is 21.0. The Balaban J connectivity index is 1.63. The van der Waals surface area contributed by atoms with Crippen LogP contribution in [-0.4, -0.2) is 22.3 Å². The molecular weight excluding hydrogens is 374 g/mol. The summed E-state index contributed by atoms with van der Waals surface area (Å²) >= 11 is 0. The third kappa shape index (κ3) is 2.55. The molecule has 1 aliphatic carbocycles. The van der Waals surface area contributed by atoms with E-state index in [4.69, 9.17) is 0 Å². The van der Waals surface area contributed by atoms with E-state index in [-0.39, 0.29) is 11.5 Å². The standard InChI is InChI=1S/C25H23N3O2/c1-16-23(25(30)28(27(16)3)19-9-5-4-6-10-19)26(2)24(29)21-15-14-18-13-12-17-8-7-11-20(21)22(17)18/h4-11,14-15H,12-13H2,1-3H3. The minimum absolute atomic E-state index is 0.170. The van der Waals surface area contributed by atoms with Crippen molar-refractivity contribution in [3.05, 3.63) is 93.4 Å². The number of nitrogens with zero attached hydrogens (tertiary/aromatic N) is 3. The van der Waals surface area contributed by atoms with E-state index in [1.54, 1.807) is 16.4 Å². The van der Waals surface area contributed by atoms with Crippen LogP contribution in [0.4, 0.5) is 5.69 Å². The summed E-state index contributed by atoms with van der Waals surface area (Å²) in [7, 11) is 3.52. The van der Waals surface area contributed by atoms with E-state index in [1.807, 2.05) is 62.5 Å². The lowest BCUT2D eigenvalue weighted by molar-refractivity contribution is 0.0994. The van der Waals surface area contributed by atoms with Crippen LogP contribution in [0.5, 0.6) is 0 Å². The van der Waals surface area contributed by atoms with Crippen LogP contribution in [0.3, 0.4) is 0 Å². The Hall–Kier alpha value is -3.60. The topological polar surface area (TPSA) is 47.2 Å². The van der Waals surface area contributed by atoms with Gasteiger partial charge in [-0.05, 0) is 59.9 Å². The number of hydrogen-bond donors (Lipinski definition) is 0. The van der Waals surface area contributed by atoms with Crippen molar-refractivity contribution in [2.45, 2.75) is 19.8 Å². The molecule has 1 amide bonds. The van der Waals surface area contributed by atoms with Crippen molar-refractivity contribution >= 4 is 22.4 Å². The lowest BCUT2D eigenvalue weighted by atomic mass is 9.99. The predicted molar refractivity (Wildman–Crippen MR) is 120 cm³/mol. The van der Waals surface area contributed by atoms with Gasteiger partial charge in [-0.15, -0.1) is 0 Å². The summed E-state index contributed by atoms with van der Waals surface area (Å²) in [6.07, 6.45) is 2.03. The fourth-order valence-electron chi connectivity index (χ4n) is 4.66. The number of aryl methyl sites for hydroxylation is 2. The largest absolute Gasteiger partial charge is 0.305 e. The van der Waals surface area contributed by atoms with Gasteiger partial charge in [0.05, 0.1) is 11.4 Å². The van der Waals surface area contributed by atoms with E-state index >= 15 is 0 Å². The van der Waals surface area contributed by atoms with Crippen LogP contribution in [0.25, 0.3) is 16.5 Å². The number of benzene rings is 3. The molecule has 0 unspecified atom stereocenters. The second kappa shape index (κ2) is 6.73. The molecule has 30 heavy (non-hydrogen) atoms. The molecule has 0 saturated carbocycles. The molecule has 0 N–H and O–H groups in total. The van der Waals surface area contributed by atoms with Crippen molar-refractivity contribution in [3.63, 3.8) is 0 Å². The van der Waals surface area contributed by atoms with Crippen LogP contribution in [-0.2, 0) is 19.9 Å². The van der Waals surface area contributed by atoms with Crippen LogP contribution in [0, 0.1) is 6.92 Å². The van der Waals surface area contributed by atoms with E-state index in [9.17, 15) is 9.59 Å². The van der Waals surface area contributed by atoms with Crippen molar-refractivity contribution in [1.82, 2.24) is 9.36 Å². The number of carbonyl (C=O) groups is 1. The molecular formula is C25H23N3O2. The van der Waals surface area contributed by atoms with E-state index in [0.717, 1.165) is 29.6 Å². The van der Waals surface area contributed by atoms with E-state index in [2.05, 4.69) is 12.1 Å². The minimum atomic E-state index is -0.206. The molecule has 0 fully saturated rings. The maximum absolute atomic E-state index is 13.5.